The Hall–Kier alpha value is -1.20. The molecule has 24 heavy (non-hydrogen) atoms. The van der Waals surface area contributed by atoms with Gasteiger partial charge in [-0.25, -0.2) is 13.2 Å². The smallest absolute Gasteiger partial charge is 0.396 e. The van der Waals surface area contributed by atoms with E-state index in [0.29, 0.717) is 0 Å². The molecule has 0 aliphatic carbocycles. The Morgan fingerprint density at radius 1 is 1.17 bits per heavy atom. The molecule has 0 aromatic carbocycles. The van der Waals surface area contributed by atoms with Crippen molar-refractivity contribution in [2.24, 2.45) is 0 Å². The number of halogens is 4. The summed E-state index contributed by atoms with van der Waals surface area (Å²) in [7, 11) is -6.49. The van der Waals surface area contributed by atoms with Gasteiger partial charge in [0, 0.05) is 13.0 Å². The molecule has 0 aromatic rings. The van der Waals surface area contributed by atoms with Crippen molar-refractivity contribution in [3.63, 3.8) is 0 Å². The van der Waals surface area contributed by atoms with Gasteiger partial charge >= 0.3 is 17.1 Å². The third-order valence-corrected chi connectivity index (χ3v) is 3.41. The van der Waals surface area contributed by atoms with Crippen molar-refractivity contribution in [3.05, 3.63) is 12.2 Å². The maximum atomic E-state index is 13.1. The summed E-state index contributed by atoms with van der Waals surface area (Å²) < 4.78 is 92.3. The molecule has 0 heterocycles. The van der Waals surface area contributed by atoms with Gasteiger partial charge in [0.2, 0.25) is 0 Å². The highest BCUT2D eigenvalue weighted by Crippen LogP contribution is 2.41. The van der Waals surface area contributed by atoms with Crippen molar-refractivity contribution >= 4 is 16.1 Å². The second-order valence-corrected chi connectivity index (χ2v) is 7.36. The number of carbonyl (C=O) groups excluding carboxylic acids is 1. The summed E-state index contributed by atoms with van der Waals surface area (Å²) in [5.41, 5.74) is -0.874. The highest BCUT2D eigenvalue weighted by Gasteiger charge is 2.60. The molecule has 0 saturated heterocycles. The second kappa shape index (κ2) is 7.79. The first-order valence-corrected chi connectivity index (χ1v) is 8.12. The van der Waals surface area contributed by atoms with Crippen LogP contribution in [0.25, 0.3) is 0 Å². The van der Waals surface area contributed by atoms with Crippen LogP contribution < -0.4 is 0 Å². The zero-order chi connectivity index (χ0) is 19.4. The molecule has 0 aromatic heterocycles. The summed E-state index contributed by atoms with van der Waals surface area (Å²) in [6.07, 6.45) is -2.25. The van der Waals surface area contributed by atoms with Gasteiger partial charge < -0.3 is 14.0 Å². The van der Waals surface area contributed by atoms with Crippen LogP contribution in [0.4, 0.5) is 17.6 Å². The van der Waals surface area contributed by atoms with Crippen molar-refractivity contribution in [2.75, 3.05) is 13.2 Å². The molecule has 0 radical (unpaired) electrons. The van der Waals surface area contributed by atoms with E-state index >= 15 is 0 Å². The van der Waals surface area contributed by atoms with Crippen LogP contribution in [0.2, 0.25) is 0 Å². The fourth-order valence-electron chi connectivity index (χ4n) is 1.33. The molecule has 0 unspecified atom stereocenters. The van der Waals surface area contributed by atoms with E-state index in [-0.39, 0.29) is 12.2 Å². The predicted octanol–water partition coefficient (Wildman–Crippen LogP) is 2.45. The molecule has 0 bridgehead atoms. The molecule has 11 heteroatoms. The Morgan fingerprint density at radius 2 is 1.67 bits per heavy atom. The van der Waals surface area contributed by atoms with Crippen LogP contribution in [0.5, 0.6) is 0 Å². The fraction of sp³-hybridized carbons (Fsp3) is 0.769. The molecule has 6 nitrogen and oxygen atoms in total. The highest BCUT2D eigenvalue weighted by atomic mass is 32.2. The largest absolute Gasteiger partial charge is 0.743 e. The SMILES string of the molecule is C=C(COCCCC(F)(F)C(F)(F)S(=O)(=O)[O-])C(=O)OC(C)(C)C. The van der Waals surface area contributed by atoms with E-state index in [1.165, 1.54) is 0 Å². The monoisotopic (exact) mass is 379 g/mol. The van der Waals surface area contributed by atoms with Crippen LogP contribution >= 0.6 is 0 Å². The lowest BCUT2D eigenvalue weighted by atomic mass is 10.2. The van der Waals surface area contributed by atoms with Crippen LogP contribution in [-0.2, 0) is 24.4 Å². The van der Waals surface area contributed by atoms with E-state index < -0.39 is 52.3 Å². The molecule has 0 saturated carbocycles. The molecule has 0 amide bonds. The van der Waals surface area contributed by atoms with Crippen LogP contribution in [0.1, 0.15) is 33.6 Å². The average molecular weight is 379 g/mol. The molecule has 0 aliphatic rings. The van der Waals surface area contributed by atoms with Crippen LogP contribution in [0.15, 0.2) is 12.2 Å². The van der Waals surface area contributed by atoms with Gasteiger partial charge in [0.05, 0.1) is 12.2 Å². The van der Waals surface area contributed by atoms with Crippen LogP contribution in [0.3, 0.4) is 0 Å². The number of hydrogen-bond acceptors (Lipinski definition) is 6. The number of alkyl halides is 4. The zero-order valence-electron chi connectivity index (χ0n) is 13.4. The van der Waals surface area contributed by atoms with Crippen molar-refractivity contribution in [3.8, 4) is 0 Å². The van der Waals surface area contributed by atoms with Gasteiger partial charge in [-0.1, -0.05) is 6.58 Å². The lowest BCUT2D eigenvalue weighted by Crippen LogP contribution is -2.46. The third kappa shape index (κ3) is 6.73. The van der Waals surface area contributed by atoms with Crippen molar-refractivity contribution in [1.29, 1.82) is 0 Å². The van der Waals surface area contributed by atoms with E-state index in [1.54, 1.807) is 20.8 Å². The molecule has 0 fully saturated rings. The first-order valence-electron chi connectivity index (χ1n) is 6.71. The Labute approximate surface area is 137 Å². The normalized spacial score (nSPS) is 13.7. The van der Waals surface area contributed by atoms with Gasteiger partial charge in [-0.2, -0.15) is 17.6 Å². The van der Waals surface area contributed by atoms with Gasteiger partial charge in [0.1, 0.15) is 5.60 Å². The summed E-state index contributed by atoms with van der Waals surface area (Å²) >= 11 is 0. The summed E-state index contributed by atoms with van der Waals surface area (Å²) in [5, 5.41) is -5.71. The molecule has 0 atom stereocenters. The number of hydrogen-bond donors (Lipinski definition) is 0. The van der Waals surface area contributed by atoms with E-state index in [4.69, 9.17) is 9.47 Å². The maximum Gasteiger partial charge on any atom is 0.396 e. The van der Waals surface area contributed by atoms with Crippen molar-refractivity contribution in [2.45, 2.75) is 50.4 Å². The predicted molar refractivity (Wildman–Crippen MR) is 74.6 cm³/mol. The number of rotatable bonds is 9. The van der Waals surface area contributed by atoms with Gasteiger partial charge in [-0.3, -0.25) is 0 Å². The summed E-state index contributed by atoms with van der Waals surface area (Å²) in [6, 6.07) is 0. The zero-order valence-corrected chi connectivity index (χ0v) is 14.2. The standard InChI is InChI=1S/C13H20F4O6S/c1-9(10(18)23-11(2,3)4)8-22-7-5-6-12(14,15)13(16,17)24(19,20)21/h1,5-8H2,2-4H3,(H,19,20,21)/p-1. The summed E-state index contributed by atoms with van der Waals surface area (Å²) in [6.45, 7) is 7.36. The molecule has 142 valence electrons. The van der Waals surface area contributed by atoms with E-state index in [9.17, 15) is 35.3 Å². The minimum absolute atomic E-state index is 0.107. The van der Waals surface area contributed by atoms with Gasteiger partial charge in [-0.15, -0.1) is 0 Å². The second-order valence-electron chi connectivity index (χ2n) is 5.94. The highest BCUT2D eigenvalue weighted by molar-refractivity contribution is 7.86. The first-order chi connectivity index (χ1) is 10.5. The molecule has 0 aliphatic heterocycles. The van der Waals surface area contributed by atoms with E-state index in [1.807, 2.05) is 0 Å². The number of carbonyl (C=O) groups is 1. The Morgan fingerprint density at radius 3 is 2.08 bits per heavy atom. The molecular weight excluding hydrogens is 360 g/mol. The topological polar surface area (TPSA) is 92.7 Å². The summed E-state index contributed by atoms with van der Waals surface area (Å²) in [4.78, 5) is 11.5. The molecule has 0 N–H and O–H groups in total. The van der Waals surface area contributed by atoms with Crippen molar-refractivity contribution < 1.29 is 44.8 Å². The minimum Gasteiger partial charge on any atom is -0.743 e. The maximum absolute atomic E-state index is 13.1. The average Bonchev–Trinajstić information content (AvgIpc) is 2.34. The minimum atomic E-state index is -6.49. The van der Waals surface area contributed by atoms with Crippen LogP contribution in [-0.4, -0.2) is 48.9 Å². The van der Waals surface area contributed by atoms with E-state index in [2.05, 4.69) is 6.58 Å². The Kier molecular flexibility index (Phi) is 7.40. The molecule has 0 rings (SSSR count). The Bertz CT molecular complexity index is 566. The molecular formula is C13H19F4O6S-. The lowest BCUT2D eigenvalue weighted by molar-refractivity contribution is -0.166. The first kappa shape index (κ1) is 22.8. The Balaban J connectivity index is 4.32. The fourth-order valence-corrected chi connectivity index (χ4v) is 1.80. The van der Waals surface area contributed by atoms with Crippen LogP contribution in [0, 0.1) is 0 Å². The van der Waals surface area contributed by atoms with Crippen molar-refractivity contribution in [1.82, 2.24) is 0 Å². The van der Waals surface area contributed by atoms with Gasteiger partial charge in [-0.05, 0) is 27.2 Å². The number of esters is 1. The third-order valence-electron chi connectivity index (χ3n) is 2.48. The van der Waals surface area contributed by atoms with Gasteiger partial charge in [0.15, 0.2) is 10.1 Å². The van der Waals surface area contributed by atoms with Gasteiger partial charge in [0.25, 0.3) is 0 Å². The molecule has 0 spiro atoms. The van der Waals surface area contributed by atoms with E-state index in [0.717, 1.165) is 0 Å². The lowest BCUT2D eigenvalue weighted by Gasteiger charge is -2.28. The summed E-state index contributed by atoms with van der Waals surface area (Å²) in [5.74, 6) is -5.80. The quantitative estimate of drug-likeness (QED) is 0.201. The number of ether oxygens (including phenoxy) is 2.